The second-order valence-corrected chi connectivity index (χ2v) is 9.25. The second-order valence-electron chi connectivity index (χ2n) is 8.17. The Morgan fingerprint density at radius 3 is 2.26 bits per heavy atom. The lowest BCUT2D eigenvalue weighted by atomic mass is 10.0. The molecule has 0 saturated carbocycles. The van der Waals surface area contributed by atoms with Crippen LogP contribution in [0.4, 0.5) is 13.2 Å². The van der Waals surface area contributed by atoms with Crippen LogP contribution in [-0.2, 0) is 19.1 Å². The van der Waals surface area contributed by atoms with Gasteiger partial charge in [0.1, 0.15) is 0 Å². The number of benzene rings is 1. The Balaban J connectivity index is 1.95. The van der Waals surface area contributed by atoms with Crippen LogP contribution in [0.2, 0.25) is 0 Å². The molecule has 0 spiro atoms. The number of rotatable bonds is 10. The number of aryl methyl sites for hydroxylation is 2. The third kappa shape index (κ3) is 5.29. The highest BCUT2D eigenvalue weighted by Crippen LogP contribution is 2.39. The summed E-state index contributed by atoms with van der Waals surface area (Å²) < 4.78 is 44.8. The highest BCUT2D eigenvalue weighted by molar-refractivity contribution is 14.1. The van der Waals surface area contributed by atoms with Crippen LogP contribution in [-0.4, -0.2) is 14.0 Å². The monoisotopic (exact) mass is 546 g/mol. The SMILES string of the molecule is CCc1c(C)c2c3c(C(F)(F)F)cc(=O)[nH]c3ccc2n1CCCCCCCCCI. The van der Waals surface area contributed by atoms with Gasteiger partial charge in [-0.2, -0.15) is 13.2 Å². The van der Waals surface area contributed by atoms with Gasteiger partial charge < -0.3 is 9.55 Å². The van der Waals surface area contributed by atoms with Gasteiger partial charge in [-0.25, -0.2) is 0 Å². The Hall–Kier alpha value is -1.51. The third-order valence-corrected chi connectivity index (χ3v) is 6.83. The number of unbranched alkanes of at least 4 members (excludes halogenated alkanes) is 6. The standard InChI is InChI=1S/C24H30F3IN2O/c1-3-19-16(2)22-20(30(19)14-10-8-6-4-5-7-9-13-28)12-11-18-23(22)17(24(25,26)27)15-21(31)29-18/h11-12,15H,3-10,13-14H2,1-2H3,(H,29,31). The van der Waals surface area contributed by atoms with Crippen molar-refractivity contribution in [2.24, 2.45) is 0 Å². The molecule has 0 aliphatic carbocycles. The quantitative estimate of drug-likeness (QED) is 0.159. The fourth-order valence-electron chi connectivity index (χ4n) is 4.63. The number of aromatic amines is 1. The first kappa shape index (κ1) is 24.1. The van der Waals surface area contributed by atoms with Crippen LogP contribution < -0.4 is 5.56 Å². The van der Waals surface area contributed by atoms with Crippen molar-refractivity contribution in [3.8, 4) is 0 Å². The predicted octanol–water partition coefficient (Wildman–Crippen LogP) is 7.54. The van der Waals surface area contributed by atoms with Crippen LogP contribution in [0.25, 0.3) is 21.8 Å². The number of halogens is 4. The zero-order valence-electron chi connectivity index (χ0n) is 18.2. The molecule has 2 heterocycles. The number of alkyl halides is 4. The summed E-state index contributed by atoms with van der Waals surface area (Å²) in [7, 11) is 0. The number of nitrogens with zero attached hydrogens (tertiary/aromatic N) is 1. The lowest BCUT2D eigenvalue weighted by Crippen LogP contribution is -2.14. The number of nitrogens with one attached hydrogen (secondary N) is 1. The van der Waals surface area contributed by atoms with Crippen LogP contribution in [0.5, 0.6) is 0 Å². The summed E-state index contributed by atoms with van der Waals surface area (Å²) in [5.74, 6) is 0. The topological polar surface area (TPSA) is 37.8 Å². The smallest absolute Gasteiger partial charge is 0.344 e. The molecule has 1 N–H and O–H groups in total. The summed E-state index contributed by atoms with van der Waals surface area (Å²) in [6.07, 6.45) is 4.61. The van der Waals surface area contributed by atoms with Gasteiger partial charge in [-0.3, -0.25) is 4.79 Å². The van der Waals surface area contributed by atoms with Crippen molar-refractivity contribution in [3.63, 3.8) is 0 Å². The number of hydrogen-bond donors (Lipinski definition) is 1. The van der Waals surface area contributed by atoms with E-state index in [1.54, 1.807) is 6.07 Å². The van der Waals surface area contributed by atoms with E-state index in [4.69, 9.17) is 0 Å². The fourth-order valence-corrected chi connectivity index (χ4v) is 5.17. The predicted molar refractivity (Wildman–Crippen MR) is 130 cm³/mol. The molecular weight excluding hydrogens is 516 g/mol. The molecule has 0 amide bonds. The van der Waals surface area contributed by atoms with E-state index in [0.717, 1.165) is 42.6 Å². The van der Waals surface area contributed by atoms with Gasteiger partial charge in [-0.15, -0.1) is 0 Å². The third-order valence-electron chi connectivity index (χ3n) is 6.07. The molecule has 0 aliphatic heterocycles. The molecule has 3 nitrogen and oxygen atoms in total. The molecule has 1 aromatic carbocycles. The number of fused-ring (bicyclic) bond motifs is 3. The molecule has 0 radical (unpaired) electrons. The number of H-pyrrole nitrogens is 1. The minimum absolute atomic E-state index is 0.103. The maximum Gasteiger partial charge on any atom is 0.417 e. The van der Waals surface area contributed by atoms with E-state index in [1.807, 2.05) is 19.9 Å². The zero-order chi connectivity index (χ0) is 22.6. The van der Waals surface area contributed by atoms with E-state index in [0.29, 0.717) is 11.5 Å². The van der Waals surface area contributed by atoms with E-state index < -0.39 is 17.3 Å². The molecule has 0 fully saturated rings. The van der Waals surface area contributed by atoms with Crippen molar-refractivity contribution in [1.82, 2.24) is 9.55 Å². The molecule has 7 heteroatoms. The summed E-state index contributed by atoms with van der Waals surface area (Å²) in [4.78, 5) is 14.4. The van der Waals surface area contributed by atoms with E-state index in [1.165, 1.54) is 36.5 Å². The van der Waals surface area contributed by atoms with Gasteiger partial charge in [0.15, 0.2) is 0 Å². The van der Waals surface area contributed by atoms with Crippen LogP contribution in [0.3, 0.4) is 0 Å². The van der Waals surface area contributed by atoms with E-state index in [9.17, 15) is 18.0 Å². The maximum atomic E-state index is 13.8. The van der Waals surface area contributed by atoms with Gasteiger partial charge in [0.05, 0.1) is 5.56 Å². The molecule has 3 aromatic rings. The average Bonchev–Trinajstić information content (AvgIpc) is 2.99. The van der Waals surface area contributed by atoms with Crippen molar-refractivity contribution < 1.29 is 13.2 Å². The molecule has 2 aromatic heterocycles. The van der Waals surface area contributed by atoms with Gasteiger partial charge in [0, 0.05) is 40.1 Å². The largest absolute Gasteiger partial charge is 0.417 e. The number of hydrogen-bond acceptors (Lipinski definition) is 1. The van der Waals surface area contributed by atoms with Crippen LogP contribution in [0.15, 0.2) is 23.0 Å². The highest BCUT2D eigenvalue weighted by Gasteiger charge is 2.34. The fraction of sp³-hybridized carbons (Fsp3) is 0.542. The van der Waals surface area contributed by atoms with Crippen molar-refractivity contribution in [1.29, 1.82) is 0 Å². The molecule has 0 saturated heterocycles. The van der Waals surface area contributed by atoms with E-state index >= 15 is 0 Å². The Kier molecular flexibility index (Phi) is 8.10. The molecule has 0 atom stereocenters. The van der Waals surface area contributed by atoms with Gasteiger partial charge in [0.25, 0.3) is 0 Å². The molecule has 31 heavy (non-hydrogen) atoms. The van der Waals surface area contributed by atoms with Gasteiger partial charge in [-0.1, -0.05) is 61.6 Å². The van der Waals surface area contributed by atoms with E-state index in [-0.39, 0.29) is 10.9 Å². The number of pyridine rings is 1. The minimum atomic E-state index is -4.58. The summed E-state index contributed by atoms with van der Waals surface area (Å²) in [5, 5.41) is 0.711. The molecule has 3 rings (SSSR count). The first-order valence-electron chi connectivity index (χ1n) is 11.1. The summed E-state index contributed by atoms with van der Waals surface area (Å²) in [6.45, 7) is 4.74. The highest BCUT2D eigenvalue weighted by atomic mass is 127. The Morgan fingerprint density at radius 2 is 1.65 bits per heavy atom. The van der Waals surface area contributed by atoms with Crippen molar-refractivity contribution in [2.45, 2.75) is 77.9 Å². The lowest BCUT2D eigenvalue weighted by Gasteiger charge is -2.12. The zero-order valence-corrected chi connectivity index (χ0v) is 20.3. The second kappa shape index (κ2) is 10.4. The van der Waals surface area contributed by atoms with Crippen LogP contribution in [0, 0.1) is 6.92 Å². The summed E-state index contributed by atoms with van der Waals surface area (Å²) >= 11 is 2.41. The molecule has 170 valence electrons. The Bertz CT molecular complexity index is 1100. The van der Waals surface area contributed by atoms with Gasteiger partial charge in [0.2, 0.25) is 5.56 Å². The maximum absolute atomic E-state index is 13.8. The first-order valence-corrected chi connectivity index (χ1v) is 12.6. The van der Waals surface area contributed by atoms with E-state index in [2.05, 4.69) is 32.1 Å². The normalized spacial score (nSPS) is 12.3. The van der Waals surface area contributed by atoms with Crippen LogP contribution >= 0.6 is 22.6 Å². The molecule has 0 aliphatic rings. The molecular formula is C24H30F3IN2O. The molecule has 0 unspecified atom stereocenters. The summed E-state index contributed by atoms with van der Waals surface area (Å²) in [6, 6.07) is 4.14. The van der Waals surface area contributed by atoms with Crippen molar-refractivity contribution in [2.75, 3.05) is 4.43 Å². The van der Waals surface area contributed by atoms with Gasteiger partial charge >= 0.3 is 6.18 Å². The van der Waals surface area contributed by atoms with Crippen molar-refractivity contribution in [3.05, 3.63) is 45.4 Å². The molecule has 0 bridgehead atoms. The average molecular weight is 546 g/mol. The Labute approximate surface area is 194 Å². The Morgan fingerprint density at radius 1 is 1.00 bits per heavy atom. The van der Waals surface area contributed by atoms with Gasteiger partial charge in [-0.05, 0) is 48.3 Å². The first-order chi connectivity index (χ1) is 14.8. The minimum Gasteiger partial charge on any atom is -0.344 e. The summed E-state index contributed by atoms with van der Waals surface area (Å²) in [5.41, 5.74) is 1.42. The van der Waals surface area contributed by atoms with Crippen LogP contribution in [0.1, 0.15) is 68.7 Å². The van der Waals surface area contributed by atoms with Crippen molar-refractivity contribution >= 4 is 44.4 Å². The number of aromatic nitrogens is 2. The lowest BCUT2D eigenvalue weighted by molar-refractivity contribution is -0.136.